The fourth-order valence-electron chi connectivity index (χ4n) is 3.95. The van der Waals surface area contributed by atoms with Crippen molar-refractivity contribution in [3.05, 3.63) is 0 Å². The molecule has 0 bridgehead atoms. The van der Waals surface area contributed by atoms with Crippen molar-refractivity contribution in [2.24, 2.45) is 5.92 Å². The minimum atomic E-state index is -5.08. The van der Waals surface area contributed by atoms with Crippen LogP contribution >= 0.6 is 0 Å². The number of halogens is 3. The SMILES string of the molecule is CC[C@@H]1N(CC2CC2)CCC[C@]12CCC(=O)N2.O=C(O)C(F)(F)F. The third-order valence-corrected chi connectivity index (χ3v) is 5.15. The monoisotopic (exact) mass is 350 g/mol. The van der Waals surface area contributed by atoms with Crippen LogP contribution in [0.15, 0.2) is 0 Å². The number of carboxylic acid groups (broad SMARTS) is 1. The van der Waals surface area contributed by atoms with Crippen LogP contribution in [-0.2, 0) is 9.59 Å². The number of carbonyl (C=O) groups is 2. The van der Waals surface area contributed by atoms with Gasteiger partial charge in [0.25, 0.3) is 0 Å². The van der Waals surface area contributed by atoms with Gasteiger partial charge in [0.15, 0.2) is 0 Å². The standard InChI is InChI=1S/C14H24N2O.C2HF3O2/c1-2-12-14(8-6-13(17)15-14)7-3-9-16(12)10-11-4-5-11;3-2(4,5)1(6)7/h11-12H,2-10H2,1H3,(H,15,17);(H,6,7)/t12-,14-;/m0./s1. The van der Waals surface area contributed by atoms with E-state index in [1.165, 1.54) is 45.2 Å². The zero-order valence-electron chi connectivity index (χ0n) is 13.9. The molecular weight excluding hydrogens is 325 g/mol. The van der Waals surface area contributed by atoms with E-state index >= 15 is 0 Å². The van der Waals surface area contributed by atoms with E-state index in [-0.39, 0.29) is 11.4 Å². The van der Waals surface area contributed by atoms with Crippen molar-refractivity contribution >= 4 is 11.9 Å². The lowest BCUT2D eigenvalue weighted by molar-refractivity contribution is -0.192. The first-order chi connectivity index (χ1) is 11.2. The first kappa shape index (κ1) is 19.0. The molecule has 2 saturated heterocycles. The zero-order valence-corrected chi connectivity index (χ0v) is 13.9. The molecule has 1 spiro atoms. The Labute approximate surface area is 139 Å². The normalized spacial score (nSPS) is 30.7. The lowest BCUT2D eigenvalue weighted by Gasteiger charge is -2.48. The lowest BCUT2D eigenvalue weighted by Crippen LogP contribution is -2.62. The van der Waals surface area contributed by atoms with Gasteiger partial charge in [0.05, 0.1) is 5.54 Å². The number of nitrogens with zero attached hydrogens (tertiary/aromatic N) is 1. The van der Waals surface area contributed by atoms with E-state index in [9.17, 15) is 18.0 Å². The van der Waals surface area contributed by atoms with Crippen molar-refractivity contribution in [3.8, 4) is 0 Å². The average Bonchev–Trinajstić information content (AvgIpc) is 3.22. The van der Waals surface area contributed by atoms with E-state index in [4.69, 9.17) is 9.90 Å². The molecule has 0 aromatic heterocycles. The summed E-state index contributed by atoms with van der Waals surface area (Å²) in [6.07, 6.45) is 3.19. The number of amides is 1. The molecule has 3 rings (SSSR count). The van der Waals surface area contributed by atoms with Crippen LogP contribution in [0.3, 0.4) is 0 Å². The number of carbonyl (C=O) groups excluding carboxylic acids is 1. The molecule has 0 aromatic rings. The fraction of sp³-hybridized carbons (Fsp3) is 0.875. The van der Waals surface area contributed by atoms with Crippen LogP contribution in [0.4, 0.5) is 13.2 Å². The van der Waals surface area contributed by atoms with Crippen molar-refractivity contribution in [3.63, 3.8) is 0 Å². The Morgan fingerprint density at radius 2 is 2.00 bits per heavy atom. The molecule has 3 aliphatic rings. The van der Waals surface area contributed by atoms with Gasteiger partial charge in [0.1, 0.15) is 0 Å². The second-order valence-corrected chi connectivity index (χ2v) is 6.97. The second kappa shape index (κ2) is 7.29. The van der Waals surface area contributed by atoms with Gasteiger partial charge < -0.3 is 10.4 Å². The molecule has 0 radical (unpaired) electrons. The van der Waals surface area contributed by atoms with Crippen LogP contribution in [-0.4, -0.2) is 52.7 Å². The molecule has 1 amide bonds. The van der Waals surface area contributed by atoms with Crippen molar-refractivity contribution in [2.45, 2.75) is 69.6 Å². The predicted octanol–water partition coefficient (Wildman–Crippen LogP) is 2.55. The van der Waals surface area contributed by atoms with Gasteiger partial charge in [-0.2, -0.15) is 13.2 Å². The topological polar surface area (TPSA) is 69.6 Å². The van der Waals surface area contributed by atoms with Crippen molar-refractivity contribution in [2.75, 3.05) is 13.1 Å². The number of carboxylic acids is 1. The number of hydrogen-bond donors (Lipinski definition) is 2. The first-order valence-corrected chi connectivity index (χ1v) is 8.53. The number of hydrogen-bond acceptors (Lipinski definition) is 3. The van der Waals surface area contributed by atoms with Crippen LogP contribution in [0.1, 0.15) is 51.9 Å². The average molecular weight is 350 g/mol. The Morgan fingerprint density at radius 1 is 1.38 bits per heavy atom. The van der Waals surface area contributed by atoms with E-state index < -0.39 is 12.1 Å². The molecule has 8 heteroatoms. The highest BCUT2D eigenvalue weighted by atomic mass is 19.4. The number of likely N-dealkylation sites (tertiary alicyclic amines) is 1. The first-order valence-electron chi connectivity index (χ1n) is 8.53. The van der Waals surface area contributed by atoms with Crippen LogP contribution in [0, 0.1) is 5.92 Å². The maximum absolute atomic E-state index is 11.6. The molecule has 0 unspecified atom stereocenters. The third kappa shape index (κ3) is 4.62. The number of rotatable bonds is 3. The Bertz CT molecular complexity index is 480. The highest BCUT2D eigenvalue weighted by Gasteiger charge is 2.48. The number of aliphatic carboxylic acids is 1. The lowest BCUT2D eigenvalue weighted by atomic mass is 9.78. The van der Waals surface area contributed by atoms with Gasteiger partial charge >= 0.3 is 12.1 Å². The molecule has 2 aliphatic heterocycles. The molecule has 138 valence electrons. The summed E-state index contributed by atoms with van der Waals surface area (Å²) >= 11 is 0. The number of alkyl halides is 3. The van der Waals surface area contributed by atoms with Crippen LogP contribution < -0.4 is 5.32 Å². The summed E-state index contributed by atoms with van der Waals surface area (Å²) in [7, 11) is 0. The molecule has 24 heavy (non-hydrogen) atoms. The largest absolute Gasteiger partial charge is 0.490 e. The van der Waals surface area contributed by atoms with E-state index in [0.717, 1.165) is 18.8 Å². The van der Waals surface area contributed by atoms with Crippen molar-refractivity contribution in [1.29, 1.82) is 0 Å². The fourth-order valence-corrected chi connectivity index (χ4v) is 3.95. The number of nitrogens with one attached hydrogen (secondary N) is 1. The van der Waals surface area contributed by atoms with Gasteiger partial charge in [0, 0.05) is 19.0 Å². The van der Waals surface area contributed by atoms with Gasteiger partial charge in [-0.1, -0.05) is 6.92 Å². The van der Waals surface area contributed by atoms with E-state index in [2.05, 4.69) is 17.1 Å². The highest BCUT2D eigenvalue weighted by molar-refractivity contribution is 5.79. The predicted molar refractivity (Wildman–Crippen MR) is 81.4 cm³/mol. The second-order valence-electron chi connectivity index (χ2n) is 6.97. The van der Waals surface area contributed by atoms with E-state index in [1.807, 2.05) is 0 Å². The summed E-state index contributed by atoms with van der Waals surface area (Å²) in [4.78, 5) is 23.2. The molecule has 2 N–H and O–H groups in total. The van der Waals surface area contributed by atoms with E-state index in [0.29, 0.717) is 6.04 Å². The maximum atomic E-state index is 11.6. The van der Waals surface area contributed by atoms with Crippen LogP contribution in [0.2, 0.25) is 0 Å². The van der Waals surface area contributed by atoms with Gasteiger partial charge in [-0.3, -0.25) is 9.69 Å². The summed E-state index contributed by atoms with van der Waals surface area (Å²) in [5.41, 5.74) is 0.124. The summed E-state index contributed by atoms with van der Waals surface area (Å²) in [5.74, 6) is -1.53. The third-order valence-electron chi connectivity index (χ3n) is 5.15. The molecule has 2 atom stereocenters. The minimum Gasteiger partial charge on any atom is -0.475 e. The molecule has 2 heterocycles. The summed E-state index contributed by atoms with van der Waals surface area (Å²) in [5, 5.41) is 10.4. The van der Waals surface area contributed by atoms with Crippen molar-refractivity contribution in [1.82, 2.24) is 10.2 Å². The Hall–Kier alpha value is -1.31. The summed E-state index contributed by atoms with van der Waals surface area (Å²) in [6, 6.07) is 0.586. The highest BCUT2D eigenvalue weighted by Crippen LogP contribution is 2.39. The molecular formula is C16H25F3N2O3. The summed E-state index contributed by atoms with van der Waals surface area (Å²) < 4.78 is 31.7. The van der Waals surface area contributed by atoms with Crippen molar-refractivity contribution < 1.29 is 27.9 Å². The zero-order chi connectivity index (χ0) is 18.0. The Kier molecular flexibility index (Phi) is 5.78. The quantitative estimate of drug-likeness (QED) is 0.821. The maximum Gasteiger partial charge on any atom is 0.490 e. The van der Waals surface area contributed by atoms with Gasteiger partial charge in [-0.05, 0) is 51.0 Å². The van der Waals surface area contributed by atoms with Gasteiger partial charge in [-0.15, -0.1) is 0 Å². The minimum absolute atomic E-state index is 0.124. The van der Waals surface area contributed by atoms with Crippen LogP contribution in [0.5, 0.6) is 0 Å². The molecule has 1 aliphatic carbocycles. The number of piperidine rings is 1. The molecule has 0 aromatic carbocycles. The van der Waals surface area contributed by atoms with Crippen LogP contribution in [0.25, 0.3) is 0 Å². The Morgan fingerprint density at radius 3 is 2.42 bits per heavy atom. The smallest absolute Gasteiger partial charge is 0.475 e. The molecule has 3 fully saturated rings. The van der Waals surface area contributed by atoms with Gasteiger partial charge in [-0.25, -0.2) is 4.79 Å². The molecule has 5 nitrogen and oxygen atoms in total. The molecule has 1 saturated carbocycles. The van der Waals surface area contributed by atoms with Gasteiger partial charge in [0.2, 0.25) is 5.91 Å². The van der Waals surface area contributed by atoms with E-state index in [1.54, 1.807) is 0 Å². The Balaban J connectivity index is 0.000000256. The summed E-state index contributed by atoms with van der Waals surface area (Å²) in [6.45, 7) is 4.80.